The molecule has 3 heterocycles. The number of anilines is 1. The molecule has 1 aromatic carbocycles. The Morgan fingerprint density at radius 2 is 1.87 bits per heavy atom. The minimum Gasteiger partial charge on any atom is -0.302 e. The maximum Gasteiger partial charge on any atom is 0.232 e. The van der Waals surface area contributed by atoms with Gasteiger partial charge in [-0.15, -0.1) is 22.7 Å². The van der Waals surface area contributed by atoms with Crippen LogP contribution in [0.25, 0.3) is 22.0 Å². The number of pyridine rings is 1. The number of carbonyl (C=O) groups is 1. The fourth-order valence-electron chi connectivity index (χ4n) is 3.01. The van der Waals surface area contributed by atoms with Crippen molar-refractivity contribution < 1.29 is 4.79 Å². The molecule has 0 radical (unpaired) electrons. The van der Waals surface area contributed by atoms with Crippen LogP contribution in [-0.2, 0) is 17.6 Å². The van der Waals surface area contributed by atoms with Crippen molar-refractivity contribution in [3.05, 3.63) is 70.7 Å². The number of hydrogen-bond acceptors (Lipinski definition) is 6. The van der Waals surface area contributed by atoms with Crippen LogP contribution in [0, 0.1) is 0 Å². The zero-order chi connectivity index (χ0) is 20.8. The predicted octanol–water partition coefficient (Wildman–Crippen LogP) is 5.85. The number of benzene rings is 1. The van der Waals surface area contributed by atoms with Crippen molar-refractivity contribution in [2.75, 3.05) is 5.32 Å². The minimum absolute atomic E-state index is 0.122. The number of amides is 1. The van der Waals surface area contributed by atoms with E-state index in [9.17, 15) is 4.79 Å². The molecule has 5 nitrogen and oxygen atoms in total. The van der Waals surface area contributed by atoms with Gasteiger partial charge in [-0.3, -0.25) is 9.78 Å². The summed E-state index contributed by atoms with van der Waals surface area (Å²) in [5, 5.41) is 8.18. The van der Waals surface area contributed by atoms with Crippen LogP contribution in [0.1, 0.15) is 31.0 Å². The van der Waals surface area contributed by atoms with E-state index in [1.165, 1.54) is 41.1 Å². The van der Waals surface area contributed by atoms with Gasteiger partial charge in [-0.2, -0.15) is 0 Å². The Balaban J connectivity index is 1.36. The van der Waals surface area contributed by atoms with E-state index in [1.54, 1.807) is 6.20 Å². The van der Waals surface area contributed by atoms with Gasteiger partial charge in [0.15, 0.2) is 5.13 Å². The second-order valence-electron chi connectivity index (χ2n) is 6.92. The first-order valence-electron chi connectivity index (χ1n) is 9.92. The quantitative estimate of drug-likeness (QED) is 0.378. The van der Waals surface area contributed by atoms with Crippen molar-refractivity contribution in [1.82, 2.24) is 15.0 Å². The maximum absolute atomic E-state index is 12.4. The molecular formula is C23H22N4OS2. The molecule has 4 aromatic rings. The normalized spacial score (nSPS) is 10.8. The van der Waals surface area contributed by atoms with E-state index < -0.39 is 0 Å². The maximum atomic E-state index is 12.4. The molecular weight excluding hydrogens is 412 g/mol. The molecule has 0 atom stereocenters. The highest BCUT2D eigenvalue weighted by atomic mass is 32.1. The summed E-state index contributed by atoms with van der Waals surface area (Å²) in [5.74, 6) is -0.122. The highest BCUT2D eigenvalue weighted by molar-refractivity contribution is 7.14. The number of aryl methyl sites for hydroxylation is 1. The molecule has 0 aliphatic rings. The van der Waals surface area contributed by atoms with Gasteiger partial charge in [-0.05, 0) is 30.5 Å². The topological polar surface area (TPSA) is 67.8 Å². The smallest absolute Gasteiger partial charge is 0.232 e. The second kappa shape index (κ2) is 9.73. The SMILES string of the molecule is CCCCc1ccc(-c2csc(NC(=O)Cc3csc(-c4ccccn4)n3)n2)cc1. The zero-order valence-corrected chi connectivity index (χ0v) is 18.3. The van der Waals surface area contributed by atoms with Crippen LogP contribution in [0.2, 0.25) is 0 Å². The molecule has 7 heteroatoms. The summed E-state index contributed by atoms with van der Waals surface area (Å²) in [6, 6.07) is 14.2. The van der Waals surface area contributed by atoms with Gasteiger partial charge < -0.3 is 5.32 Å². The van der Waals surface area contributed by atoms with Crippen molar-refractivity contribution in [2.24, 2.45) is 0 Å². The monoisotopic (exact) mass is 434 g/mol. The minimum atomic E-state index is -0.122. The molecule has 0 bridgehead atoms. The summed E-state index contributed by atoms with van der Waals surface area (Å²) in [4.78, 5) is 25.8. The second-order valence-corrected chi connectivity index (χ2v) is 8.64. The predicted molar refractivity (Wildman–Crippen MR) is 124 cm³/mol. The lowest BCUT2D eigenvalue weighted by Crippen LogP contribution is -2.14. The Kier molecular flexibility index (Phi) is 6.61. The van der Waals surface area contributed by atoms with Crippen LogP contribution in [-0.4, -0.2) is 20.9 Å². The third kappa shape index (κ3) is 5.17. The van der Waals surface area contributed by atoms with Crippen LogP contribution >= 0.6 is 22.7 Å². The van der Waals surface area contributed by atoms with Crippen LogP contribution in [0.3, 0.4) is 0 Å². The molecule has 1 N–H and O–H groups in total. The molecule has 0 saturated carbocycles. The Morgan fingerprint density at radius 3 is 2.63 bits per heavy atom. The van der Waals surface area contributed by atoms with Gasteiger partial charge in [0.1, 0.15) is 5.01 Å². The van der Waals surface area contributed by atoms with Gasteiger partial charge >= 0.3 is 0 Å². The number of unbranched alkanes of at least 4 members (excludes halogenated alkanes) is 1. The number of rotatable bonds is 8. The Hall–Kier alpha value is -2.90. The lowest BCUT2D eigenvalue weighted by Gasteiger charge is -2.02. The van der Waals surface area contributed by atoms with E-state index in [0.717, 1.165) is 34.1 Å². The average Bonchev–Trinajstić information content (AvgIpc) is 3.43. The van der Waals surface area contributed by atoms with Crippen LogP contribution in [0.4, 0.5) is 5.13 Å². The lowest BCUT2D eigenvalue weighted by atomic mass is 10.1. The zero-order valence-electron chi connectivity index (χ0n) is 16.7. The van der Waals surface area contributed by atoms with Crippen molar-refractivity contribution in [2.45, 2.75) is 32.6 Å². The van der Waals surface area contributed by atoms with Crippen molar-refractivity contribution in [1.29, 1.82) is 0 Å². The summed E-state index contributed by atoms with van der Waals surface area (Å²) in [5.41, 5.74) is 4.84. The first kappa shape index (κ1) is 20.4. The molecule has 152 valence electrons. The van der Waals surface area contributed by atoms with Crippen molar-refractivity contribution >= 4 is 33.7 Å². The molecule has 3 aromatic heterocycles. The Bertz CT molecular complexity index is 1100. The number of hydrogen-bond donors (Lipinski definition) is 1. The van der Waals surface area contributed by atoms with Gasteiger partial charge in [0.05, 0.1) is 23.5 Å². The Morgan fingerprint density at radius 1 is 1.00 bits per heavy atom. The molecule has 0 spiro atoms. The summed E-state index contributed by atoms with van der Waals surface area (Å²) in [6.45, 7) is 2.20. The first-order chi connectivity index (χ1) is 14.7. The number of nitrogens with one attached hydrogen (secondary N) is 1. The van der Waals surface area contributed by atoms with E-state index in [0.29, 0.717) is 5.13 Å². The number of carbonyl (C=O) groups excluding carboxylic acids is 1. The highest BCUT2D eigenvalue weighted by Gasteiger charge is 2.12. The molecule has 0 fully saturated rings. The van der Waals surface area contributed by atoms with Crippen LogP contribution < -0.4 is 5.32 Å². The number of thiazole rings is 2. The number of aromatic nitrogens is 3. The van der Waals surface area contributed by atoms with E-state index in [1.807, 2.05) is 29.0 Å². The number of nitrogens with zero attached hydrogens (tertiary/aromatic N) is 3. The molecule has 4 rings (SSSR count). The van der Waals surface area contributed by atoms with E-state index in [2.05, 4.69) is 51.5 Å². The van der Waals surface area contributed by atoms with Crippen molar-refractivity contribution in [3.8, 4) is 22.0 Å². The third-order valence-corrected chi connectivity index (χ3v) is 6.27. The largest absolute Gasteiger partial charge is 0.302 e. The summed E-state index contributed by atoms with van der Waals surface area (Å²) in [7, 11) is 0. The van der Waals surface area contributed by atoms with Gasteiger partial charge in [-0.1, -0.05) is 43.7 Å². The van der Waals surface area contributed by atoms with Gasteiger partial charge in [0, 0.05) is 22.5 Å². The van der Waals surface area contributed by atoms with E-state index in [-0.39, 0.29) is 12.3 Å². The summed E-state index contributed by atoms with van der Waals surface area (Å²) < 4.78 is 0. The fourth-order valence-corrected chi connectivity index (χ4v) is 4.54. The lowest BCUT2D eigenvalue weighted by molar-refractivity contribution is -0.115. The van der Waals surface area contributed by atoms with Gasteiger partial charge in [0.25, 0.3) is 0 Å². The molecule has 0 saturated heterocycles. The van der Waals surface area contributed by atoms with Gasteiger partial charge in [0.2, 0.25) is 5.91 Å². The average molecular weight is 435 g/mol. The van der Waals surface area contributed by atoms with E-state index >= 15 is 0 Å². The first-order valence-corrected chi connectivity index (χ1v) is 11.7. The standard InChI is InChI=1S/C23H22N4OS2/c1-2-3-6-16-8-10-17(11-9-16)20-15-30-23(26-20)27-21(28)13-18-14-29-22(25-18)19-7-4-5-12-24-19/h4-5,7-12,14-15H,2-3,6,13H2,1H3,(H,26,27,28). The fraction of sp³-hybridized carbons (Fsp3) is 0.217. The molecule has 0 aliphatic carbocycles. The van der Waals surface area contributed by atoms with Gasteiger partial charge in [-0.25, -0.2) is 9.97 Å². The van der Waals surface area contributed by atoms with Crippen LogP contribution in [0.5, 0.6) is 0 Å². The summed E-state index contributed by atoms with van der Waals surface area (Å²) in [6.07, 6.45) is 5.46. The highest BCUT2D eigenvalue weighted by Crippen LogP contribution is 2.26. The van der Waals surface area contributed by atoms with Crippen molar-refractivity contribution in [3.63, 3.8) is 0 Å². The van der Waals surface area contributed by atoms with E-state index in [4.69, 9.17) is 0 Å². The molecule has 1 amide bonds. The third-order valence-electron chi connectivity index (χ3n) is 4.60. The molecule has 0 unspecified atom stereocenters. The Labute approximate surface area is 183 Å². The summed E-state index contributed by atoms with van der Waals surface area (Å²) >= 11 is 2.92. The molecule has 30 heavy (non-hydrogen) atoms. The molecule has 0 aliphatic heterocycles. The van der Waals surface area contributed by atoms with Crippen LogP contribution in [0.15, 0.2) is 59.4 Å².